The number of anilines is 1. The monoisotopic (exact) mass is 261 g/mol. The molecule has 0 aromatic heterocycles. The van der Waals surface area contributed by atoms with Gasteiger partial charge in [0.1, 0.15) is 6.10 Å². The minimum atomic E-state index is -1.03. The van der Waals surface area contributed by atoms with Crippen LogP contribution in [0.25, 0.3) is 0 Å². The molecular formula is C13H13N2O4+. The zero-order valence-corrected chi connectivity index (χ0v) is 10.0. The van der Waals surface area contributed by atoms with Gasteiger partial charge in [0.25, 0.3) is 11.8 Å². The molecule has 6 heteroatoms. The van der Waals surface area contributed by atoms with E-state index in [1.807, 2.05) is 0 Å². The number of carboxylic acid groups (broad SMARTS) is 1. The number of rotatable bonds is 1. The van der Waals surface area contributed by atoms with Gasteiger partial charge in [0.05, 0.1) is 17.7 Å². The number of aliphatic hydroxyl groups is 1. The van der Waals surface area contributed by atoms with E-state index in [-0.39, 0.29) is 18.9 Å². The first-order chi connectivity index (χ1) is 9.08. The molecule has 1 amide bonds. The van der Waals surface area contributed by atoms with Crippen molar-refractivity contribution in [1.82, 2.24) is 0 Å². The highest BCUT2D eigenvalue weighted by molar-refractivity contribution is 6.52. The van der Waals surface area contributed by atoms with Crippen molar-refractivity contribution in [2.75, 3.05) is 11.9 Å². The number of amides is 1. The molecule has 98 valence electrons. The van der Waals surface area contributed by atoms with Gasteiger partial charge in [-0.1, -0.05) is 12.1 Å². The molecule has 0 radical (unpaired) electrons. The average molecular weight is 261 g/mol. The number of nitrogens with one attached hydrogen (secondary N) is 1. The zero-order valence-electron chi connectivity index (χ0n) is 10.0. The lowest BCUT2D eigenvalue weighted by Gasteiger charge is -2.03. The van der Waals surface area contributed by atoms with Gasteiger partial charge in [-0.2, -0.15) is 0 Å². The van der Waals surface area contributed by atoms with Crippen LogP contribution in [0.1, 0.15) is 12.0 Å². The molecule has 3 rings (SSSR count). The Morgan fingerprint density at radius 1 is 1.37 bits per heavy atom. The SMILES string of the molecule is O=C1Nc2ccccc2C1=[N+]1C[C@@H](O)C[C@@H]1C(=O)O. The van der Waals surface area contributed by atoms with Gasteiger partial charge in [0.2, 0.25) is 0 Å². The fraction of sp³-hybridized carbons (Fsp3) is 0.308. The van der Waals surface area contributed by atoms with Crippen LogP contribution in [-0.4, -0.2) is 51.1 Å². The molecule has 2 atom stereocenters. The maximum absolute atomic E-state index is 12.0. The number of carbonyl (C=O) groups excluding carboxylic acids is 1. The summed E-state index contributed by atoms with van der Waals surface area (Å²) in [5.41, 5.74) is 1.69. The van der Waals surface area contributed by atoms with Crippen molar-refractivity contribution in [1.29, 1.82) is 0 Å². The van der Waals surface area contributed by atoms with Gasteiger partial charge < -0.3 is 15.5 Å². The number of β-amino-alcohol motifs (C(OH)–C–C–N with tert-alkyl or cyclic N) is 1. The summed E-state index contributed by atoms with van der Waals surface area (Å²) in [5.74, 6) is -1.34. The number of fused-ring (bicyclic) bond motifs is 1. The summed E-state index contributed by atoms with van der Waals surface area (Å²) >= 11 is 0. The summed E-state index contributed by atoms with van der Waals surface area (Å²) in [5, 5.41) is 21.6. The standard InChI is InChI=1S/C13H12N2O4/c16-7-5-10(13(18)19)15(6-7)11-8-3-1-2-4-9(8)14-12(11)17/h1-4,7,10,16H,5-6H2,(H,18,19)/p+1/t7-,10+/m0/s1. The third-order valence-electron chi connectivity index (χ3n) is 3.50. The van der Waals surface area contributed by atoms with Gasteiger partial charge in [-0.25, -0.2) is 9.37 Å². The Bertz CT molecular complexity index is 608. The molecule has 1 aromatic rings. The summed E-state index contributed by atoms with van der Waals surface area (Å²) in [4.78, 5) is 23.3. The number of aliphatic carboxylic acids is 1. The Morgan fingerprint density at radius 3 is 2.84 bits per heavy atom. The van der Waals surface area contributed by atoms with Crippen LogP contribution in [0.3, 0.4) is 0 Å². The fourth-order valence-electron chi connectivity index (χ4n) is 2.68. The first kappa shape index (κ1) is 11.9. The Balaban J connectivity index is 2.16. The van der Waals surface area contributed by atoms with Crippen LogP contribution >= 0.6 is 0 Å². The Labute approximate surface area is 109 Å². The van der Waals surface area contributed by atoms with E-state index in [9.17, 15) is 19.8 Å². The number of para-hydroxylation sites is 1. The van der Waals surface area contributed by atoms with Crippen molar-refractivity contribution in [2.45, 2.75) is 18.6 Å². The smallest absolute Gasteiger partial charge is 0.373 e. The number of carboxylic acids is 1. The van der Waals surface area contributed by atoms with Gasteiger partial charge in [-0.3, -0.25) is 4.79 Å². The fourth-order valence-corrected chi connectivity index (χ4v) is 2.68. The minimum Gasteiger partial charge on any atom is -0.476 e. The van der Waals surface area contributed by atoms with Crippen molar-refractivity contribution < 1.29 is 24.4 Å². The summed E-state index contributed by atoms with van der Waals surface area (Å²) < 4.78 is 1.48. The first-order valence-electron chi connectivity index (χ1n) is 6.03. The molecule has 2 heterocycles. The molecule has 2 aliphatic heterocycles. The maximum atomic E-state index is 12.0. The van der Waals surface area contributed by atoms with E-state index in [0.717, 1.165) is 0 Å². The molecule has 3 N–H and O–H groups in total. The third kappa shape index (κ3) is 1.80. The van der Waals surface area contributed by atoms with Gasteiger partial charge in [-0.05, 0) is 12.1 Å². The van der Waals surface area contributed by atoms with E-state index in [4.69, 9.17) is 0 Å². The second kappa shape index (κ2) is 4.17. The molecule has 1 saturated heterocycles. The normalized spacial score (nSPS) is 29.2. The minimum absolute atomic E-state index is 0.133. The molecule has 0 unspecified atom stereocenters. The van der Waals surface area contributed by atoms with Crippen LogP contribution in [0.5, 0.6) is 0 Å². The predicted octanol–water partition coefficient (Wildman–Crippen LogP) is -0.342. The number of hydrogen-bond donors (Lipinski definition) is 3. The number of hydrogen-bond acceptors (Lipinski definition) is 3. The summed E-state index contributed by atoms with van der Waals surface area (Å²) in [6.07, 6.45) is -0.594. The van der Waals surface area contributed by atoms with Crippen molar-refractivity contribution in [3.8, 4) is 0 Å². The molecule has 2 aliphatic rings. The highest BCUT2D eigenvalue weighted by Crippen LogP contribution is 2.25. The molecule has 19 heavy (non-hydrogen) atoms. The second-order valence-corrected chi connectivity index (χ2v) is 4.74. The Hall–Kier alpha value is -2.21. The molecule has 0 bridgehead atoms. The molecule has 6 nitrogen and oxygen atoms in total. The molecular weight excluding hydrogens is 248 g/mol. The molecule has 1 fully saturated rings. The lowest BCUT2D eigenvalue weighted by Crippen LogP contribution is -2.36. The number of aliphatic hydroxyl groups excluding tert-OH is 1. The van der Waals surface area contributed by atoms with Gasteiger partial charge in [0.15, 0.2) is 6.54 Å². The summed E-state index contributed by atoms with van der Waals surface area (Å²) in [7, 11) is 0. The highest BCUT2D eigenvalue weighted by atomic mass is 16.4. The maximum Gasteiger partial charge on any atom is 0.373 e. The van der Waals surface area contributed by atoms with Crippen LogP contribution < -0.4 is 5.32 Å². The molecule has 1 aromatic carbocycles. The van der Waals surface area contributed by atoms with Crippen LogP contribution in [-0.2, 0) is 9.59 Å². The van der Waals surface area contributed by atoms with Gasteiger partial charge in [0, 0.05) is 0 Å². The lowest BCUT2D eigenvalue weighted by atomic mass is 10.1. The number of benzene rings is 1. The lowest BCUT2D eigenvalue weighted by molar-refractivity contribution is -0.534. The van der Waals surface area contributed by atoms with E-state index in [2.05, 4.69) is 5.32 Å². The quantitative estimate of drug-likeness (QED) is 0.603. The largest absolute Gasteiger partial charge is 0.476 e. The van der Waals surface area contributed by atoms with Crippen molar-refractivity contribution in [3.63, 3.8) is 0 Å². The second-order valence-electron chi connectivity index (χ2n) is 4.74. The predicted molar refractivity (Wildman–Crippen MR) is 66.4 cm³/mol. The van der Waals surface area contributed by atoms with Crippen LogP contribution in [0.15, 0.2) is 24.3 Å². The molecule has 0 spiro atoms. The summed E-state index contributed by atoms with van der Waals surface area (Å²) in [6, 6.07) is 6.27. The van der Waals surface area contributed by atoms with Crippen molar-refractivity contribution >= 4 is 23.3 Å². The van der Waals surface area contributed by atoms with E-state index in [1.54, 1.807) is 24.3 Å². The van der Waals surface area contributed by atoms with E-state index in [1.165, 1.54) is 4.58 Å². The summed E-state index contributed by atoms with van der Waals surface area (Å²) in [6.45, 7) is 0.161. The number of carbonyl (C=O) groups is 2. The molecule has 0 saturated carbocycles. The Morgan fingerprint density at radius 2 is 2.11 bits per heavy atom. The van der Waals surface area contributed by atoms with Crippen LogP contribution in [0.4, 0.5) is 5.69 Å². The molecule has 0 aliphatic carbocycles. The average Bonchev–Trinajstić information content (AvgIpc) is 2.88. The van der Waals surface area contributed by atoms with Crippen molar-refractivity contribution in [2.24, 2.45) is 0 Å². The van der Waals surface area contributed by atoms with Crippen LogP contribution in [0, 0.1) is 0 Å². The number of nitrogens with zero attached hydrogens (tertiary/aromatic N) is 1. The highest BCUT2D eigenvalue weighted by Gasteiger charge is 2.46. The van der Waals surface area contributed by atoms with Gasteiger partial charge in [-0.15, -0.1) is 0 Å². The van der Waals surface area contributed by atoms with Gasteiger partial charge >= 0.3 is 11.9 Å². The Kier molecular flexibility index (Phi) is 2.60. The zero-order chi connectivity index (χ0) is 13.6. The van der Waals surface area contributed by atoms with E-state index in [0.29, 0.717) is 17.0 Å². The third-order valence-corrected chi connectivity index (χ3v) is 3.50. The van der Waals surface area contributed by atoms with E-state index >= 15 is 0 Å². The topological polar surface area (TPSA) is 89.6 Å². The first-order valence-corrected chi connectivity index (χ1v) is 6.03. The van der Waals surface area contributed by atoms with Crippen LogP contribution in [0.2, 0.25) is 0 Å². The van der Waals surface area contributed by atoms with Crippen molar-refractivity contribution in [3.05, 3.63) is 29.8 Å². The van der Waals surface area contributed by atoms with E-state index < -0.39 is 18.1 Å².